The molecule has 2 saturated carbocycles. The first-order chi connectivity index (χ1) is 15.0. The zero-order chi connectivity index (χ0) is 21.6. The maximum absolute atomic E-state index is 13.3. The van der Waals surface area contributed by atoms with Gasteiger partial charge < -0.3 is 0 Å². The molecule has 1 aromatic rings. The summed E-state index contributed by atoms with van der Waals surface area (Å²) in [5.74, 6) is 2.82. The van der Waals surface area contributed by atoms with E-state index in [9.17, 15) is 9.59 Å². The van der Waals surface area contributed by atoms with Gasteiger partial charge in [-0.2, -0.15) is 0 Å². The molecule has 0 spiro atoms. The van der Waals surface area contributed by atoms with Gasteiger partial charge in [0.2, 0.25) is 0 Å². The molecule has 6 atom stereocenters. The normalized spacial score (nSPS) is 38.9. The molecule has 0 aromatic heterocycles. The van der Waals surface area contributed by atoms with Crippen LogP contribution in [0.15, 0.2) is 53.6 Å². The average molecular weight is 417 g/mol. The quantitative estimate of drug-likeness (QED) is 0.513. The fraction of sp³-hybridized carbons (Fsp3) is 0.586. The van der Waals surface area contributed by atoms with E-state index in [2.05, 4.69) is 50.3 Å². The van der Waals surface area contributed by atoms with Crippen LogP contribution in [-0.4, -0.2) is 12.1 Å². The van der Waals surface area contributed by atoms with Gasteiger partial charge in [0, 0.05) is 12.3 Å². The Hall–Kier alpha value is -1.96. The number of aldehydes is 1. The van der Waals surface area contributed by atoms with E-state index in [1.165, 1.54) is 30.4 Å². The van der Waals surface area contributed by atoms with Crippen LogP contribution in [0.25, 0.3) is 0 Å². The Labute approximate surface area is 187 Å². The standard InChI is InChI=1S/C29H36O2/c1-28-16-14-21(19-30)18-22(28)9-10-23-24-11-12-26(29(24,2)17-15-25(23)28)27(31)13-8-20-6-4-3-5-7-20/h3-7,9,18-19,23-26H,8,10-17H2,1-2H3/t23?,24?,25?,26-,28?,29?/m1/s1. The summed E-state index contributed by atoms with van der Waals surface area (Å²) < 4.78 is 0. The molecule has 4 aliphatic carbocycles. The molecule has 2 nitrogen and oxygen atoms in total. The van der Waals surface area contributed by atoms with E-state index in [0.29, 0.717) is 30.0 Å². The van der Waals surface area contributed by atoms with Crippen LogP contribution in [0, 0.1) is 34.5 Å². The van der Waals surface area contributed by atoms with Crippen LogP contribution in [0.4, 0.5) is 0 Å². The number of Topliss-reactive ketones (excluding diaryl/α,β-unsaturated/α-hetero) is 1. The highest BCUT2D eigenvalue weighted by molar-refractivity contribution is 5.82. The first-order valence-corrected chi connectivity index (χ1v) is 12.4. The van der Waals surface area contributed by atoms with Crippen LogP contribution in [0.2, 0.25) is 0 Å². The molecular weight excluding hydrogens is 380 g/mol. The number of ketones is 1. The highest BCUT2D eigenvalue weighted by Crippen LogP contribution is 2.66. The first kappa shape index (κ1) is 20.9. The molecule has 0 aliphatic heterocycles. The summed E-state index contributed by atoms with van der Waals surface area (Å²) in [4.78, 5) is 24.7. The number of fused-ring (bicyclic) bond motifs is 5. The number of carbonyl (C=O) groups excluding carboxylic acids is 2. The van der Waals surface area contributed by atoms with Gasteiger partial charge in [0.1, 0.15) is 12.1 Å². The van der Waals surface area contributed by atoms with E-state index in [1.807, 2.05) is 6.07 Å². The van der Waals surface area contributed by atoms with Gasteiger partial charge in [-0.3, -0.25) is 9.59 Å². The highest BCUT2D eigenvalue weighted by atomic mass is 16.1. The molecule has 2 heteroatoms. The number of benzene rings is 1. The van der Waals surface area contributed by atoms with E-state index in [0.717, 1.165) is 44.0 Å². The lowest BCUT2D eigenvalue weighted by atomic mass is 9.47. The summed E-state index contributed by atoms with van der Waals surface area (Å²) in [5.41, 5.74) is 4.05. The second-order valence-electron chi connectivity index (χ2n) is 11.2. The largest absolute Gasteiger partial charge is 0.299 e. The molecule has 2 fully saturated rings. The zero-order valence-electron chi connectivity index (χ0n) is 19.1. The minimum atomic E-state index is 0.176. The van der Waals surface area contributed by atoms with Gasteiger partial charge >= 0.3 is 0 Å². The van der Waals surface area contributed by atoms with Crippen molar-refractivity contribution in [2.45, 2.75) is 71.6 Å². The van der Waals surface area contributed by atoms with Gasteiger partial charge in [0.15, 0.2) is 0 Å². The average Bonchev–Trinajstić information content (AvgIpc) is 3.15. The third-order valence-electron chi connectivity index (χ3n) is 9.84. The van der Waals surface area contributed by atoms with Crippen molar-refractivity contribution in [3.63, 3.8) is 0 Å². The Morgan fingerprint density at radius 1 is 1.06 bits per heavy atom. The minimum Gasteiger partial charge on any atom is -0.299 e. The molecule has 0 heterocycles. The molecular formula is C29H36O2. The van der Waals surface area contributed by atoms with Crippen LogP contribution in [0.1, 0.15) is 70.8 Å². The molecule has 0 bridgehead atoms. The van der Waals surface area contributed by atoms with Crippen LogP contribution in [0.3, 0.4) is 0 Å². The second-order valence-corrected chi connectivity index (χ2v) is 11.2. The predicted octanol–water partition coefficient (Wildman–Crippen LogP) is 6.50. The van der Waals surface area contributed by atoms with E-state index in [1.54, 1.807) is 0 Å². The maximum Gasteiger partial charge on any atom is 0.146 e. The smallest absolute Gasteiger partial charge is 0.146 e. The summed E-state index contributed by atoms with van der Waals surface area (Å²) in [6, 6.07) is 10.5. The number of rotatable bonds is 5. The lowest BCUT2D eigenvalue weighted by molar-refractivity contribution is -0.129. The Kier molecular flexibility index (Phi) is 5.31. The first-order valence-electron chi connectivity index (χ1n) is 12.4. The SMILES string of the molecule is CC12CCC(C=O)=CC1=CCC1C2CCC2(C)C1CC[C@@H]2C(=O)CCc1ccccc1. The van der Waals surface area contributed by atoms with Crippen molar-refractivity contribution in [1.29, 1.82) is 0 Å². The van der Waals surface area contributed by atoms with Gasteiger partial charge in [-0.05, 0) is 96.7 Å². The molecule has 0 N–H and O–H groups in total. The molecule has 1 aromatic carbocycles. The number of carbonyl (C=O) groups is 2. The number of hydrogen-bond donors (Lipinski definition) is 0. The minimum absolute atomic E-state index is 0.176. The molecule has 31 heavy (non-hydrogen) atoms. The van der Waals surface area contributed by atoms with Crippen molar-refractivity contribution in [3.8, 4) is 0 Å². The molecule has 4 aliphatic rings. The topological polar surface area (TPSA) is 34.1 Å². The van der Waals surface area contributed by atoms with Gasteiger partial charge in [-0.15, -0.1) is 0 Å². The predicted molar refractivity (Wildman–Crippen MR) is 124 cm³/mol. The number of hydrogen-bond acceptors (Lipinski definition) is 2. The molecule has 5 rings (SSSR count). The van der Waals surface area contributed by atoms with Gasteiger partial charge in [-0.1, -0.05) is 56.3 Å². The molecule has 0 radical (unpaired) electrons. The molecule has 0 amide bonds. The lowest BCUT2D eigenvalue weighted by Gasteiger charge is -2.57. The molecule has 5 unspecified atom stereocenters. The lowest BCUT2D eigenvalue weighted by Crippen LogP contribution is -2.50. The highest BCUT2D eigenvalue weighted by Gasteiger charge is 2.59. The van der Waals surface area contributed by atoms with Crippen LogP contribution < -0.4 is 0 Å². The van der Waals surface area contributed by atoms with Gasteiger partial charge in [0.05, 0.1) is 0 Å². The van der Waals surface area contributed by atoms with E-state index in [-0.39, 0.29) is 16.7 Å². The third-order valence-corrected chi connectivity index (χ3v) is 9.84. The van der Waals surface area contributed by atoms with Gasteiger partial charge in [0.25, 0.3) is 0 Å². The maximum atomic E-state index is 13.3. The van der Waals surface area contributed by atoms with Crippen molar-refractivity contribution >= 4 is 12.1 Å². The summed E-state index contributed by atoms with van der Waals surface area (Å²) in [5, 5.41) is 0. The van der Waals surface area contributed by atoms with Crippen molar-refractivity contribution in [3.05, 3.63) is 59.2 Å². The van der Waals surface area contributed by atoms with Gasteiger partial charge in [-0.25, -0.2) is 0 Å². The number of aryl methyl sites for hydroxylation is 1. The summed E-state index contributed by atoms with van der Waals surface area (Å²) in [7, 11) is 0. The van der Waals surface area contributed by atoms with Crippen LogP contribution >= 0.6 is 0 Å². The fourth-order valence-electron chi connectivity index (χ4n) is 8.06. The summed E-state index contributed by atoms with van der Waals surface area (Å²) >= 11 is 0. The summed E-state index contributed by atoms with van der Waals surface area (Å²) in [6.07, 6.45) is 15.1. The zero-order valence-corrected chi connectivity index (χ0v) is 19.1. The van der Waals surface area contributed by atoms with E-state index >= 15 is 0 Å². The third kappa shape index (κ3) is 3.38. The monoisotopic (exact) mass is 416 g/mol. The molecule has 164 valence electrons. The Morgan fingerprint density at radius 3 is 2.65 bits per heavy atom. The van der Waals surface area contributed by atoms with E-state index < -0.39 is 0 Å². The van der Waals surface area contributed by atoms with E-state index in [4.69, 9.17) is 0 Å². The Morgan fingerprint density at radius 2 is 1.87 bits per heavy atom. The van der Waals surface area contributed by atoms with Crippen molar-refractivity contribution in [1.82, 2.24) is 0 Å². The van der Waals surface area contributed by atoms with Crippen LogP contribution in [0.5, 0.6) is 0 Å². The van der Waals surface area contributed by atoms with Crippen molar-refractivity contribution in [2.24, 2.45) is 34.5 Å². The van der Waals surface area contributed by atoms with Crippen molar-refractivity contribution in [2.75, 3.05) is 0 Å². The Bertz CT molecular complexity index is 925. The number of allylic oxidation sites excluding steroid dienone is 4. The fourth-order valence-corrected chi connectivity index (χ4v) is 8.06. The second kappa shape index (κ2) is 7.87. The molecule has 0 saturated heterocycles. The van der Waals surface area contributed by atoms with Crippen molar-refractivity contribution < 1.29 is 9.59 Å². The summed E-state index contributed by atoms with van der Waals surface area (Å²) in [6.45, 7) is 4.90. The Balaban J connectivity index is 1.34. The van der Waals surface area contributed by atoms with Crippen LogP contribution in [-0.2, 0) is 16.0 Å².